The molecule has 0 saturated carbocycles. The highest BCUT2D eigenvalue weighted by Gasteiger charge is 2.36. The van der Waals surface area contributed by atoms with Crippen LogP contribution in [-0.4, -0.2) is 32.1 Å². The lowest BCUT2D eigenvalue weighted by Gasteiger charge is -2.17. The minimum absolute atomic E-state index is 0.0160. The number of carbonyl (C=O) groups excluding carboxylic acids is 2. The molecular formula is C19H17F3N2O4. The lowest BCUT2D eigenvalue weighted by molar-refractivity contribution is -0.122. The Labute approximate surface area is 158 Å². The molecular weight excluding hydrogens is 377 g/mol. The third kappa shape index (κ3) is 4.19. The first-order valence-corrected chi connectivity index (χ1v) is 8.37. The molecule has 1 saturated heterocycles. The van der Waals surface area contributed by atoms with Gasteiger partial charge in [-0.25, -0.2) is 4.39 Å². The Kier molecular flexibility index (Phi) is 5.72. The van der Waals surface area contributed by atoms with E-state index in [1.165, 1.54) is 48.4 Å². The van der Waals surface area contributed by atoms with E-state index in [9.17, 15) is 22.8 Å². The summed E-state index contributed by atoms with van der Waals surface area (Å²) in [5, 5.41) is 2.56. The minimum atomic E-state index is -3.05. The summed E-state index contributed by atoms with van der Waals surface area (Å²) < 4.78 is 48.3. The lowest BCUT2D eigenvalue weighted by atomic mass is 10.1. The Bertz CT molecular complexity index is 891. The predicted molar refractivity (Wildman–Crippen MR) is 95.1 cm³/mol. The number of benzene rings is 2. The van der Waals surface area contributed by atoms with Crippen LogP contribution in [0.2, 0.25) is 0 Å². The maximum Gasteiger partial charge on any atom is 0.387 e. The van der Waals surface area contributed by atoms with Gasteiger partial charge < -0.3 is 19.7 Å². The smallest absolute Gasteiger partial charge is 0.387 e. The van der Waals surface area contributed by atoms with E-state index in [1.54, 1.807) is 6.07 Å². The van der Waals surface area contributed by atoms with Crippen molar-refractivity contribution in [2.24, 2.45) is 5.92 Å². The van der Waals surface area contributed by atoms with Crippen LogP contribution in [0.5, 0.6) is 11.5 Å². The van der Waals surface area contributed by atoms with Gasteiger partial charge in [0, 0.05) is 24.7 Å². The zero-order chi connectivity index (χ0) is 20.3. The summed E-state index contributed by atoms with van der Waals surface area (Å²) in [4.78, 5) is 25.9. The molecule has 1 heterocycles. The number of nitrogens with one attached hydrogen (secondary N) is 1. The highest BCUT2D eigenvalue weighted by Crippen LogP contribution is 2.32. The Balaban J connectivity index is 1.72. The maximum absolute atomic E-state index is 13.9. The normalized spacial score (nSPS) is 16.4. The third-order valence-electron chi connectivity index (χ3n) is 4.29. The number of para-hydroxylation sites is 1. The molecule has 0 aliphatic carbocycles. The van der Waals surface area contributed by atoms with E-state index in [0.717, 1.165) is 0 Å². The SMILES string of the molecule is COc1ccc(NC(=O)[C@H]2CC(=O)N(c3ccccc3F)C2)cc1OC(F)F. The molecule has 1 aliphatic heterocycles. The second-order valence-electron chi connectivity index (χ2n) is 6.09. The van der Waals surface area contributed by atoms with E-state index in [0.29, 0.717) is 0 Å². The first-order chi connectivity index (χ1) is 13.4. The van der Waals surface area contributed by atoms with Gasteiger partial charge in [0.1, 0.15) is 5.82 Å². The monoisotopic (exact) mass is 394 g/mol. The van der Waals surface area contributed by atoms with Crippen molar-refractivity contribution in [3.05, 3.63) is 48.3 Å². The molecule has 2 aromatic rings. The molecule has 3 rings (SSSR count). The fourth-order valence-corrected chi connectivity index (χ4v) is 2.97. The lowest BCUT2D eigenvalue weighted by Crippen LogP contribution is -2.28. The molecule has 1 atom stereocenters. The number of amides is 2. The number of hydrogen-bond donors (Lipinski definition) is 1. The second kappa shape index (κ2) is 8.20. The molecule has 6 nitrogen and oxygen atoms in total. The van der Waals surface area contributed by atoms with E-state index in [-0.39, 0.29) is 41.7 Å². The van der Waals surface area contributed by atoms with Crippen molar-refractivity contribution in [2.75, 3.05) is 23.9 Å². The van der Waals surface area contributed by atoms with Crippen LogP contribution in [-0.2, 0) is 9.59 Å². The third-order valence-corrected chi connectivity index (χ3v) is 4.29. The van der Waals surface area contributed by atoms with Gasteiger partial charge in [-0.1, -0.05) is 12.1 Å². The number of alkyl halides is 2. The summed E-state index contributed by atoms with van der Waals surface area (Å²) >= 11 is 0. The van der Waals surface area contributed by atoms with Crippen molar-refractivity contribution in [3.8, 4) is 11.5 Å². The first kappa shape index (κ1) is 19.5. The van der Waals surface area contributed by atoms with Crippen LogP contribution in [0.15, 0.2) is 42.5 Å². The molecule has 28 heavy (non-hydrogen) atoms. The van der Waals surface area contributed by atoms with Crippen molar-refractivity contribution in [3.63, 3.8) is 0 Å². The molecule has 2 amide bonds. The highest BCUT2D eigenvalue weighted by molar-refractivity contribution is 6.03. The molecule has 0 radical (unpaired) electrons. The quantitative estimate of drug-likeness (QED) is 0.815. The van der Waals surface area contributed by atoms with Gasteiger partial charge in [-0.2, -0.15) is 8.78 Å². The average Bonchev–Trinajstić information content (AvgIpc) is 3.03. The van der Waals surface area contributed by atoms with Gasteiger partial charge in [-0.05, 0) is 24.3 Å². The second-order valence-corrected chi connectivity index (χ2v) is 6.09. The molecule has 1 aliphatic rings. The summed E-state index contributed by atoms with van der Waals surface area (Å²) in [6.45, 7) is -3.04. The van der Waals surface area contributed by atoms with E-state index in [1.807, 2.05) is 0 Å². The Morgan fingerprint density at radius 3 is 2.64 bits per heavy atom. The van der Waals surface area contributed by atoms with Crippen LogP contribution in [0.3, 0.4) is 0 Å². The number of anilines is 2. The Morgan fingerprint density at radius 2 is 1.96 bits per heavy atom. The highest BCUT2D eigenvalue weighted by atomic mass is 19.3. The summed E-state index contributed by atoms with van der Waals surface area (Å²) in [7, 11) is 1.30. The Hall–Kier alpha value is -3.23. The number of hydrogen-bond acceptors (Lipinski definition) is 4. The van der Waals surface area contributed by atoms with Crippen molar-refractivity contribution in [1.29, 1.82) is 0 Å². The number of nitrogens with zero attached hydrogens (tertiary/aromatic N) is 1. The van der Waals surface area contributed by atoms with Crippen LogP contribution in [0.1, 0.15) is 6.42 Å². The van der Waals surface area contributed by atoms with Crippen molar-refractivity contribution in [2.45, 2.75) is 13.0 Å². The molecule has 0 spiro atoms. The van der Waals surface area contributed by atoms with Crippen molar-refractivity contribution >= 4 is 23.2 Å². The maximum atomic E-state index is 13.9. The number of rotatable bonds is 6. The fraction of sp³-hybridized carbons (Fsp3) is 0.263. The fourth-order valence-electron chi connectivity index (χ4n) is 2.97. The zero-order valence-corrected chi connectivity index (χ0v) is 14.8. The first-order valence-electron chi connectivity index (χ1n) is 8.37. The van der Waals surface area contributed by atoms with Gasteiger partial charge >= 0.3 is 6.61 Å². The van der Waals surface area contributed by atoms with E-state index in [2.05, 4.69) is 10.1 Å². The molecule has 0 unspecified atom stereocenters. The van der Waals surface area contributed by atoms with Gasteiger partial charge in [0.25, 0.3) is 0 Å². The molecule has 2 aromatic carbocycles. The van der Waals surface area contributed by atoms with Gasteiger partial charge in [0.05, 0.1) is 18.7 Å². The van der Waals surface area contributed by atoms with Gasteiger partial charge in [0.2, 0.25) is 11.8 Å². The summed E-state index contributed by atoms with van der Waals surface area (Å²) in [5.41, 5.74) is 0.318. The molecule has 1 N–H and O–H groups in total. The van der Waals surface area contributed by atoms with Crippen LogP contribution in [0.4, 0.5) is 24.5 Å². The van der Waals surface area contributed by atoms with E-state index in [4.69, 9.17) is 4.74 Å². The number of carbonyl (C=O) groups is 2. The van der Waals surface area contributed by atoms with Crippen LogP contribution in [0, 0.1) is 11.7 Å². The van der Waals surface area contributed by atoms with E-state index < -0.39 is 24.3 Å². The summed E-state index contributed by atoms with van der Waals surface area (Å²) in [6, 6.07) is 9.84. The van der Waals surface area contributed by atoms with Gasteiger partial charge in [-0.15, -0.1) is 0 Å². The van der Waals surface area contributed by atoms with Crippen LogP contribution in [0.25, 0.3) is 0 Å². The van der Waals surface area contributed by atoms with Crippen LogP contribution >= 0.6 is 0 Å². The topological polar surface area (TPSA) is 67.9 Å². The zero-order valence-electron chi connectivity index (χ0n) is 14.8. The van der Waals surface area contributed by atoms with Crippen molar-refractivity contribution < 1.29 is 32.2 Å². The molecule has 0 aromatic heterocycles. The molecule has 148 valence electrons. The van der Waals surface area contributed by atoms with Gasteiger partial charge in [-0.3, -0.25) is 9.59 Å². The molecule has 0 bridgehead atoms. The standard InChI is InChI=1S/C19H17F3N2O4/c1-27-15-7-6-12(9-16(15)28-19(21)22)23-18(26)11-8-17(25)24(10-11)14-5-3-2-4-13(14)20/h2-7,9,11,19H,8,10H2,1H3,(H,23,26)/t11-/m0/s1. The Morgan fingerprint density at radius 1 is 1.21 bits per heavy atom. The summed E-state index contributed by atoms with van der Waals surface area (Å²) in [6.07, 6.45) is -0.0866. The summed E-state index contributed by atoms with van der Waals surface area (Å²) in [5.74, 6) is -2.28. The average molecular weight is 394 g/mol. The van der Waals surface area contributed by atoms with Gasteiger partial charge in [0.15, 0.2) is 11.5 Å². The predicted octanol–water partition coefficient (Wildman–Crippen LogP) is 3.43. The number of methoxy groups -OCH3 is 1. The molecule has 1 fully saturated rings. The molecule has 9 heteroatoms. The minimum Gasteiger partial charge on any atom is -0.493 e. The largest absolute Gasteiger partial charge is 0.493 e. The number of halogens is 3. The van der Waals surface area contributed by atoms with Crippen molar-refractivity contribution in [1.82, 2.24) is 0 Å². The van der Waals surface area contributed by atoms with Crippen LogP contribution < -0.4 is 19.7 Å². The van der Waals surface area contributed by atoms with E-state index >= 15 is 0 Å². The number of ether oxygens (including phenoxy) is 2.